The van der Waals surface area contributed by atoms with Crippen molar-refractivity contribution in [1.82, 2.24) is 0 Å². The Bertz CT molecular complexity index is 519. The number of halogens is 1. The fourth-order valence-corrected chi connectivity index (χ4v) is 3.28. The Morgan fingerprint density at radius 1 is 1.50 bits per heavy atom. The molecule has 0 saturated heterocycles. The van der Waals surface area contributed by atoms with Crippen molar-refractivity contribution >= 4 is 56.0 Å². The van der Waals surface area contributed by atoms with Crippen LogP contribution in [0.15, 0.2) is 26.9 Å². The standard InChI is InChI=1S/C9H5BrO2S2/c10-8-6(13)4-2-1-3-5(9(11)12)7(4)14-8/h1-3,13H,(H,11,12). The second-order valence-electron chi connectivity index (χ2n) is 2.71. The van der Waals surface area contributed by atoms with E-state index in [2.05, 4.69) is 28.6 Å². The zero-order valence-electron chi connectivity index (χ0n) is 6.82. The number of thiophene rings is 1. The molecule has 72 valence electrons. The van der Waals surface area contributed by atoms with E-state index in [1.165, 1.54) is 11.3 Å². The van der Waals surface area contributed by atoms with Gasteiger partial charge in [0.05, 0.1) is 14.0 Å². The molecule has 0 amide bonds. The van der Waals surface area contributed by atoms with Crippen LogP contribution < -0.4 is 0 Å². The van der Waals surface area contributed by atoms with Gasteiger partial charge in [-0.25, -0.2) is 4.79 Å². The van der Waals surface area contributed by atoms with Gasteiger partial charge in [-0.05, 0) is 22.0 Å². The molecule has 1 N–H and O–H groups in total. The van der Waals surface area contributed by atoms with E-state index < -0.39 is 5.97 Å². The summed E-state index contributed by atoms with van der Waals surface area (Å²) < 4.78 is 1.63. The van der Waals surface area contributed by atoms with Crippen LogP contribution in [0, 0.1) is 0 Å². The Hall–Kier alpha value is -0.520. The monoisotopic (exact) mass is 288 g/mol. The summed E-state index contributed by atoms with van der Waals surface area (Å²) in [7, 11) is 0. The van der Waals surface area contributed by atoms with Crippen LogP contribution in [0.3, 0.4) is 0 Å². The highest BCUT2D eigenvalue weighted by atomic mass is 79.9. The molecule has 1 aromatic heterocycles. The van der Waals surface area contributed by atoms with Crippen LogP contribution in [0.4, 0.5) is 0 Å². The lowest BCUT2D eigenvalue weighted by Gasteiger charge is -1.95. The molecule has 0 atom stereocenters. The number of rotatable bonds is 1. The SMILES string of the molecule is O=C(O)c1cccc2c(S)c(Br)sc12. The summed E-state index contributed by atoms with van der Waals surface area (Å²) in [5.41, 5.74) is 0.327. The highest BCUT2D eigenvalue weighted by Crippen LogP contribution is 2.39. The number of hydrogen-bond acceptors (Lipinski definition) is 3. The third-order valence-corrected chi connectivity index (χ3v) is 4.71. The van der Waals surface area contributed by atoms with E-state index in [9.17, 15) is 4.79 Å². The zero-order chi connectivity index (χ0) is 10.3. The number of thiol groups is 1. The molecule has 2 aromatic rings. The number of aromatic carboxylic acids is 1. The normalized spacial score (nSPS) is 10.7. The molecule has 2 nitrogen and oxygen atoms in total. The summed E-state index contributed by atoms with van der Waals surface area (Å²) in [4.78, 5) is 11.7. The van der Waals surface area contributed by atoms with E-state index >= 15 is 0 Å². The quantitative estimate of drug-likeness (QED) is 0.786. The maximum Gasteiger partial charge on any atom is 0.337 e. The topological polar surface area (TPSA) is 37.3 Å². The lowest BCUT2D eigenvalue weighted by molar-refractivity contribution is 0.0699. The highest BCUT2D eigenvalue weighted by Gasteiger charge is 2.13. The molecule has 5 heteroatoms. The van der Waals surface area contributed by atoms with E-state index in [1.807, 2.05) is 6.07 Å². The van der Waals surface area contributed by atoms with Crippen molar-refractivity contribution in [1.29, 1.82) is 0 Å². The molecule has 0 aliphatic rings. The molecule has 0 unspecified atom stereocenters. The summed E-state index contributed by atoms with van der Waals surface area (Å²) >= 11 is 9.04. The minimum atomic E-state index is -0.905. The van der Waals surface area contributed by atoms with E-state index in [1.54, 1.807) is 12.1 Å². The average Bonchev–Trinajstić information content (AvgIpc) is 2.43. The van der Waals surface area contributed by atoms with E-state index in [0.29, 0.717) is 5.56 Å². The first-order chi connectivity index (χ1) is 6.61. The molecule has 0 bridgehead atoms. The van der Waals surface area contributed by atoms with Crippen molar-refractivity contribution in [2.75, 3.05) is 0 Å². The largest absolute Gasteiger partial charge is 0.478 e. The van der Waals surface area contributed by atoms with Crippen molar-refractivity contribution < 1.29 is 9.90 Å². The summed E-state index contributed by atoms with van der Waals surface area (Å²) in [6, 6.07) is 5.19. The molecular weight excluding hydrogens is 284 g/mol. The van der Waals surface area contributed by atoms with Gasteiger partial charge >= 0.3 is 5.97 Å². The predicted molar refractivity (Wildman–Crippen MR) is 63.7 cm³/mol. The molecule has 0 saturated carbocycles. The maximum absolute atomic E-state index is 10.9. The smallest absolute Gasteiger partial charge is 0.337 e. The zero-order valence-corrected chi connectivity index (χ0v) is 10.1. The van der Waals surface area contributed by atoms with Crippen LogP contribution in [-0.2, 0) is 0 Å². The first-order valence-corrected chi connectivity index (χ1v) is 5.80. The van der Waals surface area contributed by atoms with Crippen molar-refractivity contribution in [3.63, 3.8) is 0 Å². The first-order valence-electron chi connectivity index (χ1n) is 3.74. The summed E-state index contributed by atoms with van der Waals surface area (Å²) in [5.74, 6) is -0.905. The van der Waals surface area contributed by atoms with Gasteiger partial charge in [0.2, 0.25) is 0 Å². The molecule has 0 fully saturated rings. The van der Waals surface area contributed by atoms with Gasteiger partial charge in [-0.2, -0.15) is 0 Å². The van der Waals surface area contributed by atoms with Crippen molar-refractivity contribution in [2.24, 2.45) is 0 Å². The van der Waals surface area contributed by atoms with E-state index in [4.69, 9.17) is 5.11 Å². The van der Waals surface area contributed by atoms with E-state index in [0.717, 1.165) is 18.8 Å². The molecule has 0 aliphatic heterocycles. The number of hydrogen-bond donors (Lipinski definition) is 2. The van der Waals surface area contributed by atoms with Gasteiger partial charge in [0.15, 0.2) is 0 Å². The van der Waals surface area contributed by atoms with Gasteiger partial charge in [0, 0.05) is 10.3 Å². The van der Waals surface area contributed by atoms with Gasteiger partial charge in [-0.3, -0.25) is 0 Å². The minimum Gasteiger partial charge on any atom is -0.478 e. The molecular formula is C9H5BrO2S2. The second-order valence-corrected chi connectivity index (χ2v) is 5.50. The second kappa shape index (κ2) is 3.56. The van der Waals surface area contributed by atoms with Crippen LogP contribution in [0.2, 0.25) is 0 Å². The van der Waals surface area contributed by atoms with Crippen LogP contribution in [0.5, 0.6) is 0 Å². The maximum atomic E-state index is 10.9. The molecule has 2 rings (SSSR count). The summed E-state index contributed by atoms with van der Waals surface area (Å²) in [5, 5.41) is 9.83. The Kier molecular flexibility index (Phi) is 2.55. The van der Waals surface area contributed by atoms with Crippen molar-refractivity contribution in [3.8, 4) is 0 Å². The van der Waals surface area contributed by atoms with Crippen LogP contribution in [-0.4, -0.2) is 11.1 Å². The minimum absolute atomic E-state index is 0.327. The van der Waals surface area contributed by atoms with Crippen LogP contribution >= 0.6 is 39.9 Å². The molecule has 1 aromatic carbocycles. The van der Waals surface area contributed by atoms with Crippen LogP contribution in [0.1, 0.15) is 10.4 Å². The Morgan fingerprint density at radius 2 is 2.21 bits per heavy atom. The summed E-state index contributed by atoms with van der Waals surface area (Å²) in [6.45, 7) is 0. The lowest BCUT2D eigenvalue weighted by atomic mass is 10.2. The van der Waals surface area contributed by atoms with Crippen molar-refractivity contribution in [2.45, 2.75) is 4.90 Å². The van der Waals surface area contributed by atoms with Crippen molar-refractivity contribution in [3.05, 3.63) is 27.5 Å². The Morgan fingerprint density at radius 3 is 2.86 bits per heavy atom. The van der Waals surface area contributed by atoms with E-state index in [-0.39, 0.29) is 0 Å². The van der Waals surface area contributed by atoms with Gasteiger partial charge in [-0.15, -0.1) is 24.0 Å². The molecule has 0 aliphatic carbocycles. The number of carboxylic acid groups (broad SMARTS) is 1. The number of benzene rings is 1. The number of fused-ring (bicyclic) bond motifs is 1. The average molecular weight is 289 g/mol. The fraction of sp³-hybridized carbons (Fsp3) is 0. The predicted octanol–water partition coefficient (Wildman–Crippen LogP) is 3.65. The Labute approximate surface area is 98.1 Å². The van der Waals surface area contributed by atoms with Crippen LogP contribution in [0.25, 0.3) is 10.1 Å². The number of carboxylic acids is 1. The molecule has 0 spiro atoms. The number of carbonyl (C=O) groups is 1. The summed E-state index contributed by atoms with van der Waals surface area (Å²) in [6.07, 6.45) is 0. The Balaban J connectivity index is 2.88. The van der Waals surface area contributed by atoms with Gasteiger partial charge in [0.1, 0.15) is 0 Å². The fourth-order valence-electron chi connectivity index (χ4n) is 1.25. The highest BCUT2D eigenvalue weighted by molar-refractivity contribution is 9.11. The third kappa shape index (κ3) is 1.45. The van der Waals surface area contributed by atoms with Gasteiger partial charge in [-0.1, -0.05) is 12.1 Å². The lowest BCUT2D eigenvalue weighted by Crippen LogP contribution is -1.95. The first kappa shape index (κ1) is 10.0. The molecule has 1 heterocycles. The molecule has 14 heavy (non-hydrogen) atoms. The third-order valence-electron chi connectivity index (χ3n) is 1.88. The molecule has 0 radical (unpaired) electrons. The van der Waals surface area contributed by atoms with Gasteiger partial charge in [0.25, 0.3) is 0 Å². The van der Waals surface area contributed by atoms with Gasteiger partial charge < -0.3 is 5.11 Å².